The van der Waals surface area contributed by atoms with Crippen molar-refractivity contribution in [3.63, 3.8) is 0 Å². The molecule has 1 aromatic heterocycles. The smallest absolute Gasteiger partial charge is 0.241 e. The van der Waals surface area contributed by atoms with E-state index >= 15 is 0 Å². The maximum atomic E-state index is 12.3. The summed E-state index contributed by atoms with van der Waals surface area (Å²) in [6.45, 7) is 0.283. The van der Waals surface area contributed by atoms with Crippen molar-refractivity contribution in [2.45, 2.75) is 36.0 Å². The Morgan fingerprint density at radius 1 is 1.15 bits per heavy atom. The molecule has 1 amide bonds. The zero-order valence-electron chi connectivity index (χ0n) is 14.2. The molecule has 0 atom stereocenters. The number of carbonyl (C=O) groups is 1. The number of carbonyl (C=O) groups excluding carboxylic acids is 1. The van der Waals surface area contributed by atoms with Gasteiger partial charge in [0.25, 0.3) is 0 Å². The minimum Gasteiger partial charge on any atom is -0.354 e. The van der Waals surface area contributed by atoms with Crippen LogP contribution < -0.4 is 10.0 Å². The van der Waals surface area contributed by atoms with Crippen LogP contribution in [-0.4, -0.2) is 27.4 Å². The molecule has 1 aliphatic carbocycles. The predicted molar refractivity (Wildman–Crippen MR) is 107 cm³/mol. The number of amides is 1. The standard InChI is InChI=1S/C18H21BrN2O3S2/c19-14-5-7-15(8-6-14)26(23,24)21-12-17(22)20-13-18(9-1-2-10-18)16-4-3-11-25-16/h3-8,11,21H,1-2,9-10,12-13H2,(H,20,22). The Balaban J connectivity index is 1.56. The van der Waals surface area contributed by atoms with Crippen LogP contribution in [-0.2, 0) is 20.2 Å². The molecule has 3 rings (SSSR count). The van der Waals surface area contributed by atoms with Crippen LogP contribution in [0.4, 0.5) is 0 Å². The molecule has 1 saturated carbocycles. The van der Waals surface area contributed by atoms with Gasteiger partial charge in [-0.25, -0.2) is 13.1 Å². The summed E-state index contributed by atoms with van der Waals surface area (Å²) in [4.78, 5) is 13.6. The van der Waals surface area contributed by atoms with Crippen LogP contribution in [0.3, 0.4) is 0 Å². The summed E-state index contributed by atoms with van der Waals surface area (Å²) in [5.74, 6) is -0.312. The summed E-state index contributed by atoms with van der Waals surface area (Å²) in [6, 6.07) is 10.5. The molecule has 26 heavy (non-hydrogen) atoms. The fourth-order valence-electron chi connectivity index (χ4n) is 3.33. The Morgan fingerprint density at radius 2 is 1.85 bits per heavy atom. The van der Waals surface area contributed by atoms with Crippen LogP contribution in [0.1, 0.15) is 30.6 Å². The number of halogens is 1. The quantitative estimate of drug-likeness (QED) is 0.669. The monoisotopic (exact) mass is 456 g/mol. The Hall–Kier alpha value is -1.22. The average molecular weight is 457 g/mol. The second-order valence-electron chi connectivity index (χ2n) is 6.52. The maximum absolute atomic E-state index is 12.3. The van der Waals surface area contributed by atoms with Crippen molar-refractivity contribution in [1.29, 1.82) is 0 Å². The fraction of sp³-hybridized carbons (Fsp3) is 0.389. The third-order valence-electron chi connectivity index (χ3n) is 4.78. The number of nitrogens with one attached hydrogen (secondary N) is 2. The molecule has 0 spiro atoms. The Bertz CT molecular complexity index is 843. The fourth-order valence-corrected chi connectivity index (χ4v) is 5.56. The van der Waals surface area contributed by atoms with Gasteiger partial charge in [0.2, 0.25) is 15.9 Å². The second-order valence-corrected chi connectivity index (χ2v) is 10.2. The molecule has 0 radical (unpaired) electrons. The summed E-state index contributed by atoms with van der Waals surface area (Å²) in [7, 11) is -3.70. The lowest BCUT2D eigenvalue weighted by Crippen LogP contribution is -2.43. The van der Waals surface area contributed by atoms with E-state index in [0.717, 1.165) is 30.2 Å². The predicted octanol–water partition coefficient (Wildman–Crippen LogP) is 3.42. The second kappa shape index (κ2) is 8.21. The van der Waals surface area contributed by atoms with Gasteiger partial charge < -0.3 is 5.32 Å². The lowest BCUT2D eigenvalue weighted by molar-refractivity contribution is -0.120. The summed E-state index contributed by atoms with van der Waals surface area (Å²) >= 11 is 4.99. The van der Waals surface area contributed by atoms with Crippen LogP contribution in [0.5, 0.6) is 0 Å². The zero-order chi connectivity index (χ0) is 18.6. The third-order valence-corrected chi connectivity index (χ3v) is 7.84. The van der Waals surface area contributed by atoms with E-state index < -0.39 is 10.0 Å². The van der Waals surface area contributed by atoms with Gasteiger partial charge in [-0.05, 0) is 48.6 Å². The van der Waals surface area contributed by atoms with E-state index in [1.54, 1.807) is 23.5 Å². The van der Waals surface area contributed by atoms with Crippen LogP contribution in [0.15, 0.2) is 51.1 Å². The highest BCUT2D eigenvalue weighted by Crippen LogP contribution is 2.42. The highest BCUT2D eigenvalue weighted by Gasteiger charge is 2.36. The molecule has 5 nitrogen and oxygen atoms in total. The van der Waals surface area contributed by atoms with Crippen molar-refractivity contribution in [1.82, 2.24) is 10.0 Å². The molecule has 1 aliphatic rings. The maximum Gasteiger partial charge on any atom is 0.241 e. The lowest BCUT2D eigenvalue weighted by atomic mass is 9.84. The first kappa shape index (κ1) is 19.5. The van der Waals surface area contributed by atoms with Crippen molar-refractivity contribution in [3.05, 3.63) is 51.1 Å². The van der Waals surface area contributed by atoms with Gasteiger partial charge >= 0.3 is 0 Å². The molecule has 2 aromatic rings. The van der Waals surface area contributed by atoms with Crippen molar-refractivity contribution in [2.75, 3.05) is 13.1 Å². The van der Waals surface area contributed by atoms with Gasteiger partial charge in [0, 0.05) is 21.3 Å². The van der Waals surface area contributed by atoms with Crippen molar-refractivity contribution in [3.8, 4) is 0 Å². The molecule has 0 aliphatic heterocycles. The molecular formula is C18H21BrN2O3S2. The Labute approximate surface area is 166 Å². The van der Waals surface area contributed by atoms with E-state index in [2.05, 4.69) is 37.4 Å². The van der Waals surface area contributed by atoms with Gasteiger partial charge in [-0.2, -0.15) is 0 Å². The van der Waals surface area contributed by atoms with Crippen LogP contribution in [0.25, 0.3) is 0 Å². The largest absolute Gasteiger partial charge is 0.354 e. The van der Waals surface area contributed by atoms with Crippen LogP contribution >= 0.6 is 27.3 Å². The first-order chi connectivity index (χ1) is 12.4. The van der Waals surface area contributed by atoms with Gasteiger partial charge in [0.05, 0.1) is 11.4 Å². The van der Waals surface area contributed by atoms with Gasteiger partial charge in [-0.15, -0.1) is 11.3 Å². The molecule has 0 bridgehead atoms. The molecule has 0 saturated heterocycles. The third kappa shape index (κ3) is 4.54. The molecule has 2 N–H and O–H groups in total. The molecule has 1 heterocycles. The van der Waals surface area contributed by atoms with Crippen LogP contribution in [0, 0.1) is 0 Å². The molecule has 1 aromatic carbocycles. The van der Waals surface area contributed by atoms with Crippen LogP contribution in [0.2, 0.25) is 0 Å². The molecule has 0 unspecified atom stereocenters. The summed E-state index contributed by atoms with van der Waals surface area (Å²) in [5, 5.41) is 4.98. The van der Waals surface area contributed by atoms with Gasteiger partial charge in [0.15, 0.2) is 0 Å². The van der Waals surface area contributed by atoms with Gasteiger partial charge in [0.1, 0.15) is 0 Å². The molecule has 1 fully saturated rings. The number of benzene rings is 1. The van der Waals surface area contributed by atoms with E-state index in [-0.39, 0.29) is 22.8 Å². The summed E-state index contributed by atoms with van der Waals surface area (Å²) in [6.07, 6.45) is 4.42. The Kier molecular flexibility index (Phi) is 6.17. The zero-order valence-corrected chi connectivity index (χ0v) is 17.4. The number of rotatable bonds is 7. The SMILES string of the molecule is O=C(CNS(=O)(=O)c1ccc(Br)cc1)NCC1(c2cccs2)CCCC1. The van der Waals surface area contributed by atoms with Gasteiger partial charge in [-0.1, -0.05) is 34.8 Å². The number of thiophene rings is 1. The summed E-state index contributed by atoms with van der Waals surface area (Å²) < 4.78 is 27.7. The summed E-state index contributed by atoms with van der Waals surface area (Å²) in [5.41, 5.74) is -0.00555. The minimum absolute atomic E-state index is 0.00555. The average Bonchev–Trinajstić information content (AvgIpc) is 3.31. The minimum atomic E-state index is -3.70. The number of hydrogen-bond acceptors (Lipinski definition) is 4. The van der Waals surface area contributed by atoms with E-state index in [0.29, 0.717) is 6.54 Å². The van der Waals surface area contributed by atoms with Crippen molar-refractivity contribution < 1.29 is 13.2 Å². The molecule has 140 valence electrons. The van der Waals surface area contributed by atoms with Crippen molar-refractivity contribution >= 4 is 43.2 Å². The highest BCUT2D eigenvalue weighted by molar-refractivity contribution is 9.10. The van der Waals surface area contributed by atoms with Gasteiger partial charge in [-0.3, -0.25) is 4.79 Å². The lowest BCUT2D eigenvalue weighted by Gasteiger charge is -2.28. The molecular weight excluding hydrogens is 436 g/mol. The number of hydrogen-bond donors (Lipinski definition) is 2. The normalized spacial score (nSPS) is 16.5. The van der Waals surface area contributed by atoms with E-state index in [1.165, 1.54) is 17.0 Å². The number of sulfonamides is 1. The highest BCUT2D eigenvalue weighted by atomic mass is 79.9. The van der Waals surface area contributed by atoms with E-state index in [1.807, 2.05) is 6.07 Å². The first-order valence-electron chi connectivity index (χ1n) is 8.47. The first-order valence-corrected chi connectivity index (χ1v) is 11.6. The van der Waals surface area contributed by atoms with E-state index in [4.69, 9.17) is 0 Å². The molecule has 8 heteroatoms. The Morgan fingerprint density at radius 3 is 2.46 bits per heavy atom. The van der Waals surface area contributed by atoms with E-state index in [9.17, 15) is 13.2 Å². The topological polar surface area (TPSA) is 75.3 Å². The van der Waals surface area contributed by atoms with Crippen molar-refractivity contribution in [2.24, 2.45) is 0 Å².